The van der Waals surface area contributed by atoms with Gasteiger partial charge in [-0.1, -0.05) is 6.07 Å². The standard InChI is InChI=1S/C10H12BrNOS/c1-7-3-4-9(8(11)5-7)12-10(13)6-14-2/h3-5H,6H2,1-2H3,(H,12,13). The number of anilines is 1. The van der Waals surface area contributed by atoms with E-state index in [1.807, 2.05) is 31.4 Å². The van der Waals surface area contributed by atoms with Gasteiger partial charge in [0.15, 0.2) is 0 Å². The molecule has 0 aromatic heterocycles. The molecule has 0 saturated heterocycles. The van der Waals surface area contributed by atoms with Gasteiger partial charge in [-0.3, -0.25) is 4.79 Å². The van der Waals surface area contributed by atoms with Gasteiger partial charge in [0.25, 0.3) is 0 Å². The molecule has 14 heavy (non-hydrogen) atoms. The molecular weight excluding hydrogens is 262 g/mol. The van der Waals surface area contributed by atoms with Crippen LogP contribution in [0.2, 0.25) is 0 Å². The number of carbonyl (C=O) groups is 1. The van der Waals surface area contributed by atoms with E-state index in [4.69, 9.17) is 0 Å². The van der Waals surface area contributed by atoms with E-state index in [2.05, 4.69) is 21.2 Å². The molecule has 0 aliphatic rings. The van der Waals surface area contributed by atoms with Crippen LogP contribution in [0.25, 0.3) is 0 Å². The SMILES string of the molecule is CSCC(=O)Nc1ccc(C)cc1Br. The predicted molar refractivity (Wildman–Crippen MR) is 65.9 cm³/mol. The summed E-state index contributed by atoms with van der Waals surface area (Å²) in [6, 6.07) is 5.85. The molecule has 0 fully saturated rings. The topological polar surface area (TPSA) is 29.1 Å². The predicted octanol–water partition coefficient (Wildman–Crippen LogP) is 3.06. The Morgan fingerprint density at radius 1 is 1.57 bits per heavy atom. The van der Waals surface area contributed by atoms with E-state index >= 15 is 0 Å². The molecule has 1 N–H and O–H groups in total. The summed E-state index contributed by atoms with van der Waals surface area (Å²) in [4.78, 5) is 11.3. The largest absolute Gasteiger partial charge is 0.324 e. The van der Waals surface area contributed by atoms with Gasteiger partial charge < -0.3 is 5.32 Å². The number of hydrogen-bond donors (Lipinski definition) is 1. The Kier molecular flexibility index (Phi) is 4.48. The molecule has 0 radical (unpaired) electrons. The maximum absolute atomic E-state index is 11.3. The van der Waals surface area contributed by atoms with Crippen LogP contribution in [0.15, 0.2) is 22.7 Å². The second-order valence-corrected chi connectivity index (χ2v) is 4.68. The first kappa shape index (κ1) is 11.6. The third kappa shape index (κ3) is 3.35. The third-order valence-corrected chi connectivity index (χ3v) is 2.88. The van der Waals surface area contributed by atoms with Crippen LogP contribution in [0.3, 0.4) is 0 Å². The van der Waals surface area contributed by atoms with Crippen molar-refractivity contribution in [1.82, 2.24) is 0 Å². The fraction of sp³-hybridized carbons (Fsp3) is 0.300. The summed E-state index contributed by atoms with van der Waals surface area (Å²) in [5, 5.41) is 2.83. The monoisotopic (exact) mass is 273 g/mol. The Bertz CT molecular complexity index is 341. The lowest BCUT2D eigenvalue weighted by Crippen LogP contribution is -2.14. The van der Waals surface area contributed by atoms with E-state index in [-0.39, 0.29) is 5.91 Å². The van der Waals surface area contributed by atoms with Gasteiger partial charge >= 0.3 is 0 Å². The smallest absolute Gasteiger partial charge is 0.234 e. The Morgan fingerprint density at radius 3 is 2.86 bits per heavy atom. The normalized spacial score (nSPS) is 9.93. The molecule has 0 atom stereocenters. The summed E-state index contributed by atoms with van der Waals surface area (Å²) < 4.78 is 0.923. The second kappa shape index (κ2) is 5.41. The maximum Gasteiger partial charge on any atom is 0.234 e. The van der Waals surface area contributed by atoms with Crippen LogP contribution in [0.1, 0.15) is 5.56 Å². The van der Waals surface area contributed by atoms with Crippen molar-refractivity contribution in [3.8, 4) is 0 Å². The minimum Gasteiger partial charge on any atom is -0.324 e. The molecule has 1 aromatic carbocycles. The van der Waals surface area contributed by atoms with E-state index in [0.717, 1.165) is 10.2 Å². The Labute approximate surface area is 96.6 Å². The lowest BCUT2D eigenvalue weighted by Gasteiger charge is -2.06. The molecule has 4 heteroatoms. The van der Waals surface area contributed by atoms with Crippen LogP contribution >= 0.6 is 27.7 Å². The van der Waals surface area contributed by atoms with Crippen molar-refractivity contribution < 1.29 is 4.79 Å². The number of nitrogens with one attached hydrogen (secondary N) is 1. The van der Waals surface area contributed by atoms with Crippen molar-refractivity contribution in [3.63, 3.8) is 0 Å². The van der Waals surface area contributed by atoms with Crippen LogP contribution in [0.4, 0.5) is 5.69 Å². The quantitative estimate of drug-likeness (QED) is 0.917. The first-order valence-electron chi connectivity index (χ1n) is 4.18. The Morgan fingerprint density at radius 2 is 2.29 bits per heavy atom. The number of aryl methyl sites for hydroxylation is 1. The highest BCUT2D eigenvalue weighted by atomic mass is 79.9. The molecule has 1 rings (SSSR count). The average Bonchev–Trinajstić information content (AvgIpc) is 2.10. The molecule has 0 saturated carbocycles. The highest BCUT2D eigenvalue weighted by Gasteiger charge is 2.04. The van der Waals surface area contributed by atoms with Gasteiger partial charge in [-0.25, -0.2) is 0 Å². The van der Waals surface area contributed by atoms with Crippen molar-refractivity contribution >= 4 is 39.3 Å². The number of hydrogen-bond acceptors (Lipinski definition) is 2. The van der Waals surface area contributed by atoms with Crippen molar-refractivity contribution in [1.29, 1.82) is 0 Å². The molecule has 0 bridgehead atoms. The van der Waals surface area contributed by atoms with Gasteiger partial charge in [0, 0.05) is 4.47 Å². The highest BCUT2D eigenvalue weighted by Crippen LogP contribution is 2.23. The number of benzene rings is 1. The minimum absolute atomic E-state index is 0.0297. The summed E-state index contributed by atoms with van der Waals surface area (Å²) in [6.45, 7) is 2.01. The van der Waals surface area contributed by atoms with Crippen molar-refractivity contribution in [2.45, 2.75) is 6.92 Å². The molecule has 0 aliphatic carbocycles. The van der Waals surface area contributed by atoms with Gasteiger partial charge in [-0.15, -0.1) is 0 Å². The van der Waals surface area contributed by atoms with Crippen LogP contribution in [-0.4, -0.2) is 17.9 Å². The van der Waals surface area contributed by atoms with E-state index in [1.54, 1.807) is 0 Å². The van der Waals surface area contributed by atoms with E-state index in [9.17, 15) is 4.79 Å². The zero-order valence-corrected chi connectivity index (χ0v) is 10.5. The van der Waals surface area contributed by atoms with E-state index in [1.165, 1.54) is 17.3 Å². The molecule has 1 aromatic rings. The zero-order valence-electron chi connectivity index (χ0n) is 8.13. The number of carbonyl (C=O) groups excluding carboxylic acids is 1. The fourth-order valence-corrected chi connectivity index (χ4v) is 1.97. The Hall–Kier alpha value is -0.480. The average molecular weight is 274 g/mol. The van der Waals surface area contributed by atoms with Gasteiger partial charge in [-0.2, -0.15) is 11.8 Å². The number of rotatable bonds is 3. The summed E-state index contributed by atoms with van der Waals surface area (Å²) in [5.74, 6) is 0.516. The van der Waals surface area contributed by atoms with E-state index < -0.39 is 0 Å². The van der Waals surface area contributed by atoms with Crippen LogP contribution in [0, 0.1) is 6.92 Å². The zero-order chi connectivity index (χ0) is 10.6. The summed E-state index contributed by atoms with van der Waals surface area (Å²) >= 11 is 4.92. The maximum atomic E-state index is 11.3. The third-order valence-electron chi connectivity index (χ3n) is 1.67. The molecule has 1 amide bonds. The molecule has 0 heterocycles. The van der Waals surface area contributed by atoms with Gasteiger partial charge in [0.1, 0.15) is 0 Å². The number of halogens is 1. The minimum atomic E-state index is 0.0297. The Balaban J connectivity index is 2.72. The van der Waals surface area contributed by atoms with Crippen molar-refractivity contribution in [3.05, 3.63) is 28.2 Å². The van der Waals surface area contributed by atoms with Crippen LogP contribution in [-0.2, 0) is 4.79 Å². The lowest BCUT2D eigenvalue weighted by molar-refractivity contribution is -0.113. The van der Waals surface area contributed by atoms with E-state index in [0.29, 0.717) is 5.75 Å². The fourth-order valence-electron chi connectivity index (χ4n) is 1.04. The second-order valence-electron chi connectivity index (χ2n) is 2.96. The van der Waals surface area contributed by atoms with Crippen LogP contribution in [0.5, 0.6) is 0 Å². The molecule has 0 unspecified atom stereocenters. The first-order chi connectivity index (χ1) is 6.63. The van der Waals surface area contributed by atoms with Crippen molar-refractivity contribution in [2.24, 2.45) is 0 Å². The molecule has 0 spiro atoms. The highest BCUT2D eigenvalue weighted by molar-refractivity contribution is 9.10. The molecule has 2 nitrogen and oxygen atoms in total. The number of thioether (sulfide) groups is 1. The van der Waals surface area contributed by atoms with Gasteiger partial charge in [0.05, 0.1) is 11.4 Å². The molecule has 76 valence electrons. The number of amides is 1. The molecule has 0 aliphatic heterocycles. The lowest BCUT2D eigenvalue weighted by atomic mass is 10.2. The van der Waals surface area contributed by atoms with Gasteiger partial charge in [-0.05, 0) is 46.8 Å². The summed E-state index contributed by atoms with van der Waals surface area (Å²) in [7, 11) is 0. The van der Waals surface area contributed by atoms with Crippen LogP contribution < -0.4 is 5.32 Å². The van der Waals surface area contributed by atoms with Crippen molar-refractivity contribution in [2.75, 3.05) is 17.3 Å². The first-order valence-corrected chi connectivity index (χ1v) is 6.37. The van der Waals surface area contributed by atoms with Gasteiger partial charge in [0.2, 0.25) is 5.91 Å². The summed E-state index contributed by atoms with van der Waals surface area (Å²) in [5.41, 5.74) is 1.99. The molecular formula is C10H12BrNOS. The summed E-state index contributed by atoms with van der Waals surface area (Å²) in [6.07, 6.45) is 1.91.